The van der Waals surface area contributed by atoms with Crippen molar-refractivity contribution < 1.29 is 0 Å². The topological polar surface area (TPSA) is 0 Å². The Morgan fingerprint density at radius 1 is 1.20 bits per heavy atom. The second kappa shape index (κ2) is 5.16. The fourth-order valence-corrected chi connectivity index (χ4v) is 1.86. The summed E-state index contributed by atoms with van der Waals surface area (Å²) in [6, 6.07) is 0. The zero-order chi connectivity index (χ0) is 7.23. The average molecular weight is 250 g/mol. The second-order valence-electron chi connectivity index (χ2n) is 2.98. The molecular weight excluding hydrogens is 235 g/mol. The third kappa shape index (κ3) is 3.04. The van der Waals surface area contributed by atoms with Crippen molar-refractivity contribution in [3.05, 3.63) is 12.2 Å². The van der Waals surface area contributed by atoms with Gasteiger partial charge in [0.1, 0.15) is 0 Å². The van der Waals surface area contributed by atoms with E-state index in [4.69, 9.17) is 0 Å². The van der Waals surface area contributed by atoms with E-state index in [0.29, 0.717) is 0 Å². The molecule has 1 fully saturated rings. The van der Waals surface area contributed by atoms with Crippen LogP contribution in [0.4, 0.5) is 0 Å². The SMILES string of the molecule is IC/C=C\C1CCCCC1. The first kappa shape index (κ1) is 8.57. The van der Waals surface area contributed by atoms with Crippen LogP contribution in [-0.4, -0.2) is 4.43 Å². The van der Waals surface area contributed by atoms with Gasteiger partial charge in [-0.1, -0.05) is 54.0 Å². The highest BCUT2D eigenvalue weighted by Crippen LogP contribution is 2.24. The van der Waals surface area contributed by atoms with Gasteiger partial charge < -0.3 is 0 Å². The third-order valence-corrected chi connectivity index (χ3v) is 2.66. The lowest BCUT2D eigenvalue weighted by atomic mass is 9.89. The maximum absolute atomic E-state index is 2.41. The minimum atomic E-state index is 0.920. The maximum Gasteiger partial charge on any atom is 0.0176 e. The van der Waals surface area contributed by atoms with Gasteiger partial charge in [-0.15, -0.1) is 0 Å². The molecule has 0 aromatic rings. The molecule has 0 spiro atoms. The molecule has 0 unspecified atom stereocenters. The molecular formula is C9H15I. The predicted octanol–water partition coefficient (Wildman–Crippen LogP) is 3.56. The molecule has 0 aromatic heterocycles. The molecule has 1 aliphatic rings. The van der Waals surface area contributed by atoms with Gasteiger partial charge >= 0.3 is 0 Å². The Hall–Kier alpha value is 0.470. The summed E-state index contributed by atoms with van der Waals surface area (Å²) in [6.45, 7) is 0. The number of allylic oxidation sites excluding steroid dienone is 2. The molecule has 0 radical (unpaired) electrons. The summed E-state index contributed by atoms with van der Waals surface area (Å²) in [4.78, 5) is 0. The minimum Gasteiger partial charge on any atom is -0.0847 e. The van der Waals surface area contributed by atoms with Gasteiger partial charge in [0.15, 0.2) is 0 Å². The first-order chi connectivity index (χ1) is 4.93. The van der Waals surface area contributed by atoms with Gasteiger partial charge in [-0.3, -0.25) is 0 Å². The van der Waals surface area contributed by atoms with E-state index >= 15 is 0 Å². The van der Waals surface area contributed by atoms with E-state index in [1.54, 1.807) is 0 Å². The minimum absolute atomic E-state index is 0.920. The molecule has 0 heterocycles. The van der Waals surface area contributed by atoms with E-state index in [9.17, 15) is 0 Å². The average Bonchev–Trinajstić information content (AvgIpc) is 2.03. The Morgan fingerprint density at radius 2 is 1.90 bits per heavy atom. The number of hydrogen-bond donors (Lipinski definition) is 0. The van der Waals surface area contributed by atoms with Crippen molar-refractivity contribution in [3.63, 3.8) is 0 Å². The lowest BCUT2D eigenvalue weighted by Gasteiger charge is -2.17. The largest absolute Gasteiger partial charge is 0.0847 e. The van der Waals surface area contributed by atoms with E-state index in [1.807, 2.05) is 0 Å². The lowest BCUT2D eigenvalue weighted by molar-refractivity contribution is 0.419. The number of rotatable bonds is 2. The van der Waals surface area contributed by atoms with E-state index in [1.165, 1.54) is 36.5 Å². The number of alkyl halides is 1. The van der Waals surface area contributed by atoms with Crippen molar-refractivity contribution in [2.24, 2.45) is 5.92 Å². The summed E-state index contributed by atoms with van der Waals surface area (Å²) in [5, 5.41) is 0. The highest BCUT2D eigenvalue weighted by Gasteiger charge is 2.08. The maximum atomic E-state index is 2.41. The van der Waals surface area contributed by atoms with Gasteiger partial charge in [0.25, 0.3) is 0 Å². The van der Waals surface area contributed by atoms with Crippen molar-refractivity contribution >= 4 is 22.6 Å². The summed E-state index contributed by atoms with van der Waals surface area (Å²) >= 11 is 2.40. The molecule has 58 valence electrons. The van der Waals surface area contributed by atoms with E-state index in [-0.39, 0.29) is 0 Å². The third-order valence-electron chi connectivity index (χ3n) is 2.15. The number of hydrogen-bond acceptors (Lipinski definition) is 0. The molecule has 0 bridgehead atoms. The van der Waals surface area contributed by atoms with Gasteiger partial charge in [0, 0.05) is 4.43 Å². The number of halogens is 1. The summed E-state index contributed by atoms with van der Waals surface area (Å²) in [6.07, 6.45) is 12.0. The molecule has 0 saturated heterocycles. The summed E-state index contributed by atoms with van der Waals surface area (Å²) in [5.74, 6) is 0.920. The van der Waals surface area contributed by atoms with Crippen LogP contribution in [-0.2, 0) is 0 Å². The van der Waals surface area contributed by atoms with Crippen LogP contribution < -0.4 is 0 Å². The fourth-order valence-electron chi connectivity index (χ4n) is 1.57. The van der Waals surface area contributed by atoms with Crippen LogP contribution in [0.5, 0.6) is 0 Å². The van der Waals surface area contributed by atoms with Crippen molar-refractivity contribution in [1.29, 1.82) is 0 Å². The van der Waals surface area contributed by atoms with Crippen LogP contribution in [0.3, 0.4) is 0 Å². The molecule has 0 aromatic carbocycles. The molecule has 1 heteroatoms. The summed E-state index contributed by atoms with van der Waals surface area (Å²) in [7, 11) is 0. The molecule has 1 rings (SSSR count). The van der Waals surface area contributed by atoms with Crippen LogP contribution in [0.25, 0.3) is 0 Å². The molecule has 0 atom stereocenters. The molecule has 1 saturated carbocycles. The molecule has 0 nitrogen and oxygen atoms in total. The molecule has 1 aliphatic carbocycles. The van der Waals surface area contributed by atoms with Crippen LogP contribution in [0.1, 0.15) is 32.1 Å². The van der Waals surface area contributed by atoms with Crippen LogP contribution >= 0.6 is 22.6 Å². The molecule has 0 amide bonds. The van der Waals surface area contributed by atoms with E-state index < -0.39 is 0 Å². The van der Waals surface area contributed by atoms with Crippen molar-refractivity contribution in [1.82, 2.24) is 0 Å². The predicted molar refractivity (Wildman–Crippen MR) is 54.6 cm³/mol. The van der Waals surface area contributed by atoms with Crippen LogP contribution in [0.15, 0.2) is 12.2 Å². The highest BCUT2D eigenvalue weighted by molar-refractivity contribution is 14.1. The fraction of sp³-hybridized carbons (Fsp3) is 0.778. The smallest absolute Gasteiger partial charge is 0.0176 e. The summed E-state index contributed by atoms with van der Waals surface area (Å²) in [5.41, 5.74) is 0. The van der Waals surface area contributed by atoms with E-state index in [2.05, 4.69) is 34.7 Å². The first-order valence-corrected chi connectivity index (χ1v) is 5.68. The van der Waals surface area contributed by atoms with Gasteiger partial charge in [-0.05, 0) is 18.8 Å². The molecule has 0 N–H and O–H groups in total. The summed E-state index contributed by atoms with van der Waals surface area (Å²) < 4.78 is 1.17. The van der Waals surface area contributed by atoms with Gasteiger partial charge in [-0.2, -0.15) is 0 Å². The Balaban J connectivity index is 2.19. The standard InChI is InChI=1S/C9H15I/c10-8-4-7-9-5-2-1-3-6-9/h4,7,9H,1-3,5-6,8H2/b7-4-. The Bertz CT molecular complexity index is 101. The van der Waals surface area contributed by atoms with Gasteiger partial charge in [-0.25, -0.2) is 0 Å². The van der Waals surface area contributed by atoms with Gasteiger partial charge in [0.2, 0.25) is 0 Å². The molecule has 0 aliphatic heterocycles. The first-order valence-electron chi connectivity index (χ1n) is 4.16. The monoisotopic (exact) mass is 250 g/mol. The van der Waals surface area contributed by atoms with Crippen molar-refractivity contribution in [2.75, 3.05) is 4.43 Å². The zero-order valence-electron chi connectivity index (χ0n) is 6.35. The normalized spacial score (nSPS) is 22.1. The quantitative estimate of drug-likeness (QED) is 0.399. The van der Waals surface area contributed by atoms with Crippen LogP contribution in [0.2, 0.25) is 0 Å². The van der Waals surface area contributed by atoms with Gasteiger partial charge in [0.05, 0.1) is 0 Å². The Kier molecular flexibility index (Phi) is 4.42. The Morgan fingerprint density at radius 3 is 2.50 bits per heavy atom. The van der Waals surface area contributed by atoms with Crippen molar-refractivity contribution in [3.8, 4) is 0 Å². The zero-order valence-corrected chi connectivity index (χ0v) is 8.51. The van der Waals surface area contributed by atoms with E-state index in [0.717, 1.165) is 5.92 Å². The highest BCUT2D eigenvalue weighted by atomic mass is 127. The second-order valence-corrected chi connectivity index (χ2v) is 3.86. The Labute approximate surface area is 77.2 Å². The molecule has 10 heavy (non-hydrogen) atoms. The van der Waals surface area contributed by atoms with Crippen LogP contribution in [0, 0.1) is 5.92 Å². The lowest BCUT2D eigenvalue weighted by Crippen LogP contribution is -2.02. The van der Waals surface area contributed by atoms with Crippen molar-refractivity contribution in [2.45, 2.75) is 32.1 Å².